The summed E-state index contributed by atoms with van der Waals surface area (Å²) in [5.41, 5.74) is 13.1. The van der Waals surface area contributed by atoms with E-state index in [0.717, 1.165) is 6.42 Å². The largest absolute Gasteiger partial charge is 0.375 e. The molecule has 0 aromatic heterocycles. The number of fused-ring (bicyclic) bond motifs is 12. The lowest BCUT2D eigenvalue weighted by Crippen LogP contribution is -2.56. The van der Waals surface area contributed by atoms with E-state index in [2.05, 4.69) is 175 Å². The molecule has 2 heterocycles. The fraction of sp³-hybridized carbons (Fsp3) is 0.149. The summed E-state index contributed by atoms with van der Waals surface area (Å²) >= 11 is 0. The van der Waals surface area contributed by atoms with Gasteiger partial charge in [-0.2, -0.15) is 0 Å². The standard InChI is InChI=1S/C47H37N3/c1-47(2)40-21-11-9-20-37(40)44-45(47)48-43(30-23-24-35-33-17-6-5-15-31(33)32-16-7-8-18-34(32)38(35)26-30)46(49-44)50-41-22-12-10-19-36(41)39-25-28-13-3-4-14-29(28)27-42(39)50/h3-24,26-27,39,43,46,48-49H,25H2,1-2H3/t39-,43?,46?/m0/s1. The number of rotatable bonds is 2. The normalized spacial score (nSPS) is 21.2. The molecule has 11 rings (SSSR count). The minimum atomic E-state index is -0.156. The smallest absolute Gasteiger partial charge is 0.128 e. The molecule has 0 fully saturated rings. The lowest BCUT2D eigenvalue weighted by molar-refractivity contribution is 0.389. The van der Waals surface area contributed by atoms with Crippen LogP contribution < -0.4 is 15.5 Å². The highest BCUT2D eigenvalue weighted by Gasteiger charge is 2.48. The van der Waals surface area contributed by atoms with Crippen LogP contribution in [-0.2, 0) is 11.8 Å². The van der Waals surface area contributed by atoms with Crippen LogP contribution in [-0.4, -0.2) is 6.17 Å². The van der Waals surface area contributed by atoms with E-state index in [1.54, 1.807) is 0 Å². The van der Waals surface area contributed by atoms with Gasteiger partial charge < -0.3 is 15.5 Å². The third-order valence-electron chi connectivity index (χ3n) is 12.0. The Hall–Kier alpha value is -5.80. The van der Waals surface area contributed by atoms with Crippen LogP contribution in [0.5, 0.6) is 0 Å². The minimum absolute atomic E-state index is 0.0261. The van der Waals surface area contributed by atoms with Gasteiger partial charge in [0.05, 0.1) is 11.7 Å². The molecule has 3 nitrogen and oxygen atoms in total. The summed E-state index contributed by atoms with van der Waals surface area (Å²) in [7, 11) is 0. The third-order valence-corrected chi connectivity index (χ3v) is 12.0. The Kier molecular flexibility index (Phi) is 5.68. The summed E-state index contributed by atoms with van der Waals surface area (Å²) in [5, 5.41) is 16.3. The van der Waals surface area contributed by atoms with Crippen LogP contribution in [0.15, 0.2) is 151 Å². The summed E-state index contributed by atoms with van der Waals surface area (Å²) < 4.78 is 0. The molecular weight excluding hydrogens is 607 g/mol. The number of benzene rings is 7. The molecule has 7 aromatic carbocycles. The van der Waals surface area contributed by atoms with E-state index in [4.69, 9.17) is 0 Å². The molecule has 2 unspecified atom stereocenters. The van der Waals surface area contributed by atoms with Gasteiger partial charge in [-0.05, 0) is 84.8 Å². The van der Waals surface area contributed by atoms with Crippen molar-refractivity contribution in [3.63, 3.8) is 0 Å². The maximum atomic E-state index is 4.24. The van der Waals surface area contributed by atoms with Crippen LogP contribution in [0.2, 0.25) is 0 Å². The van der Waals surface area contributed by atoms with E-state index in [1.165, 1.54) is 88.5 Å². The topological polar surface area (TPSA) is 27.3 Å². The maximum Gasteiger partial charge on any atom is 0.128 e. The second-order valence-corrected chi connectivity index (χ2v) is 15.0. The second kappa shape index (κ2) is 10.1. The molecule has 2 N–H and O–H groups in total. The van der Waals surface area contributed by atoms with Gasteiger partial charge in [0.2, 0.25) is 0 Å². The monoisotopic (exact) mass is 643 g/mol. The first-order chi connectivity index (χ1) is 24.6. The molecule has 4 aliphatic rings. The fourth-order valence-corrected chi connectivity index (χ4v) is 9.70. The van der Waals surface area contributed by atoms with Crippen molar-refractivity contribution < 1.29 is 0 Å². The van der Waals surface area contributed by atoms with E-state index in [9.17, 15) is 0 Å². The minimum Gasteiger partial charge on any atom is -0.375 e. The van der Waals surface area contributed by atoms with Crippen LogP contribution in [0.25, 0.3) is 44.1 Å². The number of allylic oxidation sites excluding steroid dienone is 2. The predicted octanol–water partition coefficient (Wildman–Crippen LogP) is 10.6. The molecule has 2 aliphatic heterocycles. The summed E-state index contributed by atoms with van der Waals surface area (Å²) in [5.74, 6) is 0.318. The number of hydrogen-bond donors (Lipinski definition) is 2. The van der Waals surface area contributed by atoms with Crippen LogP contribution in [0.3, 0.4) is 0 Å². The molecule has 3 atom stereocenters. The Morgan fingerprint density at radius 1 is 0.620 bits per heavy atom. The van der Waals surface area contributed by atoms with E-state index in [0.29, 0.717) is 5.92 Å². The fourth-order valence-electron chi connectivity index (χ4n) is 9.70. The number of hydrogen-bond acceptors (Lipinski definition) is 3. The molecular formula is C47H37N3. The zero-order valence-corrected chi connectivity index (χ0v) is 28.2. The van der Waals surface area contributed by atoms with Crippen molar-refractivity contribution in [3.8, 4) is 0 Å². The van der Waals surface area contributed by atoms with Gasteiger partial charge in [0.1, 0.15) is 6.17 Å². The summed E-state index contributed by atoms with van der Waals surface area (Å²) in [4.78, 5) is 2.63. The maximum absolute atomic E-state index is 4.24. The molecule has 0 amide bonds. The van der Waals surface area contributed by atoms with Crippen molar-refractivity contribution in [1.82, 2.24) is 10.6 Å². The number of anilines is 1. The van der Waals surface area contributed by atoms with Crippen LogP contribution >= 0.6 is 0 Å². The van der Waals surface area contributed by atoms with Gasteiger partial charge in [0.15, 0.2) is 0 Å². The number of para-hydroxylation sites is 1. The van der Waals surface area contributed by atoms with Gasteiger partial charge in [-0.25, -0.2) is 0 Å². The first-order valence-corrected chi connectivity index (χ1v) is 17.9. The van der Waals surface area contributed by atoms with E-state index in [1.807, 2.05) is 0 Å². The quantitative estimate of drug-likeness (QED) is 0.184. The van der Waals surface area contributed by atoms with E-state index in [-0.39, 0.29) is 17.6 Å². The third kappa shape index (κ3) is 3.75. The molecule has 0 radical (unpaired) electrons. The number of nitrogens with one attached hydrogen (secondary N) is 2. The molecule has 0 saturated carbocycles. The van der Waals surface area contributed by atoms with Gasteiger partial charge in [-0.3, -0.25) is 0 Å². The van der Waals surface area contributed by atoms with Crippen LogP contribution in [0, 0.1) is 0 Å². The first-order valence-electron chi connectivity index (χ1n) is 17.9. The Morgan fingerprint density at radius 2 is 1.26 bits per heavy atom. The van der Waals surface area contributed by atoms with Crippen molar-refractivity contribution in [2.45, 2.75) is 43.8 Å². The van der Waals surface area contributed by atoms with Gasteiger partial charge in [0, 0.05) is 34.0 Å². The second-order valence-electron chi connectivity index (χ2n) is 15.0. The van der Waals surface area contributed by atoms with Crippen LogP contribution in [0.1, 0.15) is 59.2 Å². The first kappa shape index (κ1) is 28.1. The molecule has 50 heavy (non-hydrogen) atoms. The van der Waals surface area contributed by atoms with Crippen molar-refractivity contribution in [3.05, 3.63) is 184 Å². The van der Waals surface area contributed by atoms with Gasteiger partial charge in [0.25, 0.3) is 0 Å². The molecule has 3 heteroatoms. The molecule has 2 aliphatic carbocycles. The predicted molar refractivity (Wildman–Crippen MR) is 208 cm³/mol. The zero-order chi connectivity index (χ0) is 33.1. The SMILES string of the molecule is CC1(C)C2=C(NC(N3C4=Cc5ccccc5C[C@H]4c4ccccc43)C(c3ccc4c5ccccc5c5ccccc5c4c3)N2)c2ccccc21. The van der Waals surface area contributed by atoms with Gasteiger partial charge >= 0.3 is 0 Å². The summed E-state index contributed by atoms with van der Waals surface area (Å²) in [6, 6.07) is 51.9. The zero-order valence-electron chi connectivity index (χ0n) is 28.2. The van der Waals surface area contributed by atoms with E-state index < -0.39 is 0 Å². The average Bonchev–Trinajstić information content (AvgIpc) is 3.60. The van der Waals surface area contributed by atoms with Crippen molar-refractivity contribution >= 4 is 49.8 Å². The number of nitrogens with zero attached hydrogens (tertiary/aromatic N) is 1. The Balaban J connectivity index is 1.15. The van der Waals surface area contributed by atoms with Gasteiger partial charge in [-0.1, -0.05) is 141 Å². The summed E-state index contributed by atoms with van der Waals surface area (Å²) in [6.45, 7) is 4.73. The Morgan fingerprint density at radius 3 is 2.06 bits per heavy atom. The molecule has 0 bridgehead atoms. The van der Waals surface area contributed by atoms with Crippen molar-refractivity contribution in [2.75, 3.05) is 4.90 Å². The molecule has 7 aromatic rings. The molecule has 0 spiro atoms. The lowest BCUT2D eigenvalue weighted by atomic mass is 9.83. The van der Waals surface area contributed by atoms with E-state index >= 15 is 0 Å². The lowest BCUT2D eigenvalue weighted by Gasteiger charge is -2.45. The van der Waals surface area contributed by atoms with Crippen molar-refractivity contribution in [1.29, 1.82) is 0 Å². The molecule has 240 valence electrons. The highest BCUT2D eigenvalue weighted by molar-refractivity contribution is 6.25. The summed E-state index contributed by atoms with van der Waals surface area (Å²) in [6.07, 6.45) is 3.40. The van der Waals surface area contributed by atoms with Gasteiger partial charge in [-0.15, -0.1) is 0 Å². The average molecular weight is 644 g/mol. The van der Waals surface area contributed by atoms with Crippen molar-refractivity contribution in [2.24, 2.45) is 0 Å². The Labute approximate surface area is 292 Å². The highest BCUT2D eigenvalue weighted by Crippen LogP contribution is 2.53. The van der Waals surface area contributed by atoms with Crippen LogP contribution in [0.4, 0.5) is 5.69 Å². The highest BCUT2D eigenvalue weighted by atomic mass is 15.3. The Bertz CT molecular complexity index is 2610. The molecule has 0 saturated heterocycles.